The molecule has 0 saturated carbocycles. The minimum absolute atomic E-state index is 0.0268. The Hall–Kier alpha value is -3.92. The summed E-state index contributed by atoms with van der Waals surface area (Å²) in [6.45, 7) is 2.85. The standard InChI is InChI=1S/C27H28N4O5S/c1-18(32)21-7-9-23(10-8-21)28-27(34)30-14-20-13-22(16-30)25-12-11-24(26(33)31(25)15-20)29-37(35,36)17-19-5-3-2-4-6-19/h2-12,20,22,29H,13-17H2,1H3,(H,28,34)/t20-,22-/m1/s1. The number of anilines is 2. The Kier molecular flexibility index (Phi) is 6.59. The lowest BCUT2D eigenvalue weighted by molar-refractivity contribution is 0.101. The van der Waals surface area contributed by atoms with E-state index in [4.69, 9.17) is 0 Å². The van der Waals surface area contributed by atoms with Crippen molar-refractivity contribution < 1.29 is 18.0 Å². The Labute approximate surface area is 215 Å². The van der Waals surface area contributed by atoms with E-state index >= 15 is 0 Å². The summed E-state index contributed by atoms with van der Waals surface area (Å²) >= 11 is 0. The summed E-state index contributed by atoms with van der Waals surface area (Å²) in [7, 11) is -3.76. The normalized spacial score (nSPS) is 18.6. The van der Waals surface area contributed by atoms with Gasteiger partial charge in [-0.1, -0.05) is 30.3 Å². The van der Waals surface area contributed by atoms with Gasteiger partial charge in [-0.2, -0.15) is 0 Å². The molecule has 37 heavy (non-hydrogen) atoms. The highest BCUT2D eigenvalue weighted by Crippen LogP contribution is 2.35. The van der Waals surface area contributed by atoms with E-state index in [0.29, 0.717) is 36.4 Å². The number of hydrogen-bond donors (Lipinski definition) is 2. The van der Waals surface area contributed by atoms with Gasteiger partial charge in [0.15, 0.2) is 5.78 Å². The minimum atomic E-state index is -3.76. The Morgan fingerprint density at radius 1 is 0.946 bits per heavy atom. The van der Waals surface area contributed by atoms with Crippen LogP contribution in [-0.4, -0.2) is 42.8 Å². The van der Waals surface area contributed by atoms with Gasteiger partial charge in [-0.3, -0.25) is 14.3 Å². The summed E-state index contributed by atoms with van der Waals surface area (Å²) in [5.74, 6) is -0.211. The van der Waals surface area contributed by atoms with E-state index < -0.39 is 10.0 Å². The summed E-state index contributed by atoms with van der Waals surface area (Å²) in [6.07, 6.45) is 0.857. The van der Waals surface area contributed by atoms with Crippen LogP contribution in [0.15, 0.2) is 71.5 Å². The molecular weight excluding hydrogens is 492 g/mol. The minimum Gasteiger partial charge on any atom is -0.324 e. The molecule has 3 aromatic rings. The number of nitrogens with one attached hydrogen (secondary N) is 2. The monoisotopic (exact) mass is 520 g/mol. The third-order valence-corrected chi connectivity index (χ3v) is 8.14. The summed E-state index contributed by atoms with van der Waals surface area (Å²) < 4.78 is 29.5. The van der Waals surface area contributed by atoms with Gasteiger partial charge >= 0.3 is 6.03 Å². The number of urea groups is 1. The average molecular weight is 521 g/mol. The van der Waals surface area contributed by atoms with Gasteiger partial charge in [0.05, 0.1) is 5.75 Å². The zero-order valence-electron chi connectivity index (χ0n) is 20.4. The van der Waals surface area contributed by atoms with Gasteiger partial charge in [0, 0.05) is 42.5 Å². The number of pyridine rings is 1. The second-order valence-corrected chi connectivity index (χ2v) is 11.4. The number of rotatable bonds is 6. The molecule has 2 N–H and O–H groups in total. The van der Waals surface area contributed by atoms with Crippen molar-refractivity contribution in [1.29, 1.82) is 0 Å². The van der Waals surface area contributed by atoms with E-state index in [0.717, 1.165) is 12.1 Å². The third kappa shape index (κ3) is 5.43. The second kappa shape index (κ2) is 9.85. The molecular formula is C27H28N4O5S. The molecule has 1 saturated heterocycles. The topological polar surface area (TPSA) is 118 Å². The van der Waals surface area contributed by atoms with Crippen LogP contribution in [0.4, 0.5) is 16.2 Å². The molecule has 2 aliphatic rings. The Balaban J connectivity index is 1.29. The number of ketones is 1. The van der Waals surface area contributed by atoms with Crippen molar-refractivity contribution in [2.45, 2.75) is 31.6 Å². The van der Waals surface area contributed by atoms with Crippen LogP contribution in [0.5, 0.6) is 0 Å². The number of carbonyl (C=O) groups is 2. The first-order valence-electron chi connectivity index (χ1n) is 12.1. The van der Waals surface area contributed by atoms with E-state index in [1.165, 1.54) is 13.0 Å². The van der Waals surface area contributed by atoms with Gasteiger partial charge in [0.2, 0.25) is 10.0 Å². The number of nitrogens with zero attached hydrogens (tertiary/aromatic N) is 2. The van der Waals surface area contributed by atoms with Gasteiger partial charge in [-0.15, -0.1) is 0 Å². The van der Waals surface area contributed by atoms with Crippen molar-refractivity contribution in [2.24, 2.45) is 5.92 Å². The predicted molar refractivity (Wildman–Crippen MR) is 141 cm³/mol. The molecule has 2 atom stereocenters. The van der Waals surface area contributed by atoms with Crippen molar-refractivity contribution in [2.75, 3.05) is 23.1 Å². The van der Waals surface area contributed by atoms with Crippen molar-refractivity contribution >= 4 is 33.2 Å². The first kappa shape index (κ1) is 24.8. The van der Waals surface area contributed by atoms with Crippen LogP contribution in [0, 0.1) is 5.92 Å². The molecule has 10 heteroatoms. The number of fused-ring (bicyclic) bond motifs is 4. The zero-order valence-corrected chi connectivity index (χ0v) is 21.2. The third-order valence-electron chi connectivity index (χ3n) is 6.90. The van der Waals surface area contributed by atoms with Crippen molar-refractivity contribution in [3.63, 3.8) is 0 Å². The highest BCUT2D eigenvalue weighted by molar-refractivity contribution is 7.91. The number of amides is 2. The van der Waals surface area contributed by atoms with Crippen molar-refractivity contribution in [3.05, 3.63) is 93.9 Å². The lowest BCUT2D eigenvalue weighted by Gasteiger charge is -2.42. The molecule has 2 amide bonds. The van der Waals surface area contributed by atoms with Gasteiger partial charge in [-0.05, 0) is 61.2 Å². The fourth-order valence-electron chi connectivity index (χ4n) is 5.18. The maximum atomic E-state index is 13.2. The maximum absolute atomic E-state index is 13.2. The zero-order chi connectivity index (χ0) is 26.2. The first-order chi connectivity index (χ1) is 17.7. The van der Waals surface area contributed by atoms with E-state index in [9.17, 15) is 22.8 Å². The van der Waals surface area contributed by atoms with Crippen LogP contribution >= 0.6 is 0 Å². The molecule has 3 heterocycles. The number of carbonyl (C=O) groups excluding carboxylic acids is 2. The van der Waals surface area contributed by atoms with Crippen LogP contribution in [0.2, 0.25) is 0 Å². The Morgan fingerprint density at radius 3 is 2.38 bits per heavy atom. The maximum Gasteiger partial charge on any atom is 0.321 e. The van der Waals surface area contributed by atoms with E-state index in [-0.39, 0.29) is 40.6 Å². The molecule has 1 fully saturated rings. The molecule has 0 unspecified atom stereocenters. The molecule has 1 aromatic heterocycles. The summed E-state index contributed by atoms with van der Waals surface area (Å²) in [6, 6.07) is 18.6. The van der Waals surface area contributed by atoms with E-state index in [2.05, 4.69) is 10.0 Å². The summed E-state index contributed by atoms with van der Waals surface area (Å²) in [4.78, 5) is 39.4. The number of aromatic nitrogens is 1. The summed E-state index contributed by atoms with van der Waals surface area (Å²) in [5.41, 5.74) is 2.28. The molecule has 0 radical (unpaired) electrons. The molecule has 2 aromatic carbocycles. The van der Waals surface area contributed by atoms with Crippen molar-refractivity contribution in [1.82, 2.24) is 9.47 Å². The fourth-order valence-corrected chi connectivity index (χ4v) is 6.37. The van der Waals surface area contributed by atoms with Crippen LogP contribution in [-0.2, 0) is 22.3 Å². The molecule has 0 aliphatic carbocycles. The first-order valence-corrected chi connectivity index (χ1v) is 13.8. The average Bonchev–Trinajstić information content (AvgIpc) is 2.86. The smallest absolute Gasteiger partial charge is 0.321 e. The number of likely N-dealkylation sites (tertiary alicyclic amines) is 1. The Morgan fingerprint density at radius 2 is 1.68 bits per heavy atom. The lowest BCUT2D eigenvalue weighted by Crippen LogP contribution is -2.50. The van der Waals surface area contributed by atoms with Crippen molar-refractivity contribution in [3.8, 4) is 0 Å². The van der Waals surface area contributed by atoms with Crippen LogP contribution in [0.3, 0.4) is 0 Å². The number of sulfonamides is 1. The molecule has 0 spiro atoms. The number of piperidine rings is 1. The quantitative estimate of drug-likeness (QED) is 0.481. The molecule has 2 bridgehead atoms. The van der Waals surface area contributed by atoms with Gasteiger partial charge in [0.25, 0.3) is 5.56 Å². The van der Waals surface area contributed by atoms with Crippen LogP contribution < -0.4 is 15.6 Å². The number of hydrogen-bond acceptors (Lipinski definition) is 5. The molecule has 2 aliphatic heterocycles. The summed E-state index contributed by atoms with van der Waals surface area (Å²) in [5, 5.41) is 2.89. The predicted octanol–water partition coefficient (Wildman–Crippen LogP) is 3.64. The highest BCUT2D eigenvalue weighted by atomic mass is 32.2. The fraction of sp³-hybridized carbons (Fsp3) is 0.296. The molecule has 192 valence electrons. The number of Topliss-reactive ketones (excluding diaryl/α,β-unsaturated/α-hetero) is 1. The van der Waals surface area contributed by atoms with E-state index in [1.807, 2.05) is 6.07 Å². The van der Waals surface area contributed by atoms with Gasteiger partial charge < -0.3 is 14.8 Å². The molecule has 5 rings (SSSR count). The Bertz CT molecular complexity index is 1500. The largest absolute Gasteiger partial charge is 0.324 e. The SMILES string of the molecule is CC(=O)c1ccc(NC(=O)N2C[C@H]3C[C@H](C2)c2ccc(NS(=O)(=O)Cc4ccccc4)c(=O)n2C3)cc1. The number of benzene rings is 2. The second-order valence-electron chi connectivity index (χ2n) is 9.70. The van der Waals surface area contributed by atoms with Crippen LogP contribution in [0.25, 0.3) is 0 Å². The van der Waals surface area contributed by atoms with Gasteiger partial charge in [0.1, 0.15) is 5.69 Å². The molecule has 9 nitrogen and oxygen atoms in total. The highest BCUT2D eigenvalue weighted by Gasteiger charge is 2.37. The van der Waals surface area contributed by atoms with Gasteiger partial charge in [-0.25, -0.2) is 13.2 Å². The van der Waals surface area contributed by atoms with Crippen LogP contribution in [0.1, 0.15) is 40.9 Å². The lowest BCUT2D eigenvalue weighted by atomic mass is 9.83. The van der Waals surface area contributed by atoms with E-state index in [1.54, 1.807) is 64.1 Å².